The highest BCUT2D eigenvalue weighted by Crippen LogP contribution is 2.40. The molecule has 6 nitrogen and oxygen atoms in total. The summed E-state index contributed by atoms with van der Waals surface area (Å²) in [7, 11) is 2.21. The number of rotatable bonds is 6. The van der Waals surface area contributed by atoms with Crippen molar-refractivity contribution in [2.45, 2.75) is 9.79 Å². The van der Waals surface area contributed by atoms with Crippen LogP contribution in [0.1, 0.15) is 31.1 Å². The van der Waals surface area contributed by atoms with Crippen molar-refractivity contribution in [3.05, 3.63) is 59.2 Å². The van der Waals surface area contributed by atoms with Crippen LogP contribution in [0.5, 0.6) is 0 Å². The molecule has 0 spiro atoms. The lowest BCUT2D eigenvalue weighted by Crippen LogP contribution is -2.09. The van der Waals surface area contributed by atoms with Gasteiger partial charge in [-0.25, -0.2) is 14.4 Å². The van der Waals surface area contributed by atoms with Crippen molar-refractivity contribution in [2.75, 3.05) is 0 Å². The van der Waals surface area contributed by atoms with E-state index in [0.717, 1.165) is 21.6 Å². The molecule has 3 N–H and O–H groups in total. The van der Waals surface area contributed by atoms with Gasteiger partial charge in [-0.3, -0.25) is 0 Å². The summed E-state index contributed by atoms with van der Waals surface area (Å²) in [6.07, 6.45) is 0. The number of aromatic carboxylic acids is 3. The predicted molar refractivity (Wildman–Crippen MR) is 85.5 cm³/mol. The molecule has 0 amide bonds. The summed E-state index contributed by atoms with van der Waals surface area (Å²) in [5.41, 5.74) is -0.456. The lowest BCUT2D eigenvalue weighted by Gasteiger charge is -2.08. The Kier molecular flexibility index (Phi) is 5.30. The Labute approximate surface area is 138 Å². The van der Waals surface area contributed by atoms with E-state index in [9.17, 15) is 19.5 Å². The highest BCUT2D eigenvalue weighted by atomic mass is 33.1. The molecular weight excluding hydrogens is 340 g/mol. The first-order valence-corrected chi connectivity index (χ1v) is 8.32. The van der Waals surface area contributed by atoms with E-state index >= 15 is 0 Å². The zero-order valence-corrected chi connectivity index (χ0v) is 13.1. The molecule has 0 saturated heterocycles. The summed E-state index contributed by atoms with van der Waals surface area (Å²) >= 11 is 0. The van der Waals surface area contributed by atoms with Gasteiger partial charge in [0.1, 0.15) is 0 Å². The molecule has 0 saturated carbocycles. The molecule has 0 bridgehead atoms. The molecule has 2 aromatic carbocycles. The van der Waals surface area contributed by atoms with Gasteiger partial charge in [0.15, 0.2) is 0 Å². The van der Waals surface area contributed by atoms with Crippen LogP contribution in [0.15, 0.2) is 52.3 Å². The van der Waals surface area contributed by atoms with Gasteiger partial charge in [0.2, 0.25) is 0 Å². The Morgan fingerprint density at radius 1 is 0.783 bits per heavy atom. The van der Waals surface area contributed by atoms with Gasteiger partial charge in [-0.15, -0.1) is 0 Å². The van der Waals surface area contributed by atoms with E-state index < -0.39 is 17.9 Å². The van der Waals surface area contributed by atoms with Crippen LogP contribution in [0.2, 0.25) is 0 Å². The van der Waals surface area contributed by atoms with Crippen LogP contribution in [0.3, 0.4) is 0 Å². The molecule has 2 aromatic rings. The van der Waals surface area contributed by atoms with Gasteiger partial charge in [-0.1, -0.05) is 33.7 Å². The smallest absolute Gasteiger partial charge is 0.337 e. The van der Waals surface area contributed by atoms with Crippen LogP contribution in [0, 0.1) is 0 Å². The fourth-order valence-electron chi connectivity index (χ4n) is 1.77. The van der Waals surface area contributed by atoms with E-state index in [2.05, 4.69) is 0 Å². The predicted octanol–water partition coefficient (Wildman–Crippen LogP) is 3.58. The van der Waals surface area contributed by atoms with Crippen molar-refractivity contribution in [3.8, 4) is 0 Å². The summed E-state index contributed by atoms with van der Waals surface area (Å²) in [5.74, 6) is -3.70. The van der Waals surface area contributed by atoms with Crippen LogP contribution >= 0.6 is 21.6 Å². The van der Waals surface area contributed by atoms with Gasteiger partial charge >= 0.3 is 17.9 Å². The molecule has 8 heteroatoms. The van der Waals surface area contributed by atoms with E-state index in [0.29, 0.717) is 4.90 Å². The number of hydrogen-bond donors (Lipinski definition) is 3. The maximum Gasteiger partial charge on any atom is 0.337 e. The van der Waals surface area contributed by atoms with Gasteiger partial charge < -0.3 is 15.3 Å². The second-order valence-electron chi connectivity index (χ2n) is 4.29. The number of carboxylic acids is 3. The first kappa shape index (κ1) is 16.9. The summed E-state index contributed by atoms with van der Waals surface area (Å²) in [6.45, 7) is 0. The molecule has 118 valence electrons. The normalized spacial score (nSPS) is 10.3. The quantitative estimate of drug-likeness (QED) is 0.678. The zero-order chi connectivity index (χ0) is 17.0. The standard InChI is InChI=1S/C15H10O6S2/c16-13(17)8-3-1-4-9(7-8)22-23-11-6-2-5-10(14(18)19)12(11)15(20)21/h1-7H,(H,16,17)(H,18,19)(H,20,21). The first-order valence-electron chi connectivity index (χ1n) is 6.17. The average Bonchev–Trinajstić information content (AvgIpc) is 2.52. The highest BCUT2D eigenvalue weighted by Gasteiger charge is 2.20. The Hall–Kier alpha value is -2.45. The van der Waals surface area contributed by atoms with Crippen molar-refractivity contribution in [3.63, 3.8) is 0 Å². The Bertz CT molecular complexity index is 787. The Balaban J connectivity index is 2.29. The highest BCUT2D eigenvalue weighted by molar-refractivity contribution is 8.76. The lowest BCUT2D eigenvalue weighted by molar-refractivity contribution is 0.0648. The maximum absolute atomic E-state index is 11.3. The topological polar surface area (TPSA) is 112 Å². The molecule has 0 radical (unpaired) electrons. The van der Waals surface area contributed by atoms with Crippen molar-refractivity contribution >= 4 is 39.5 Å². The monoisotopic (exact) mass is 350 g/mol. The van der Waals surface area contributed by atoms with Crippen molar-refractivity contribution < 1.29 is 29.7 Å². The molecule has 0 atom stereocenters. The fraction of sp³-hybridized carbons (Fsp3) is 0. The molecule has 0 aliphatic carbocycles. The summed E-state index contributed by atoms with van der Waals surface area (Å²) in [6, 6.07) is 10.4. The molecule has 0 unspecified atom stereocenters. The number of benzene rings is 2. The molecule has 0 aliphatic heterocycles. The van der Waals surface area contributed by atoms with E-state index in [1.165, 1.54) is 30.3 Å². The van der Waals surface area contributed by atoms with E-state index in [1.807, 2.05) is 0 Å². The minimum atomic E-state index is -1.33. The Morgan fingerprint density at radius 3 is 2.09 bits per heavy atom. The van der Waals surface area contributed by atoms with Gasteiger partial charge in [0.25, 0.3) is 0 Å². The van der Waals surface area contributed by atoms with Gasteiger partial charge in [-0.05, 0) is 30.3 Å². The first-order chi connectivity index (χ1) is 10.9. The third kappa shape index (κ3) is 4.05. The molecule has 0 heterocycles. The summed E-state index contributed by atoms with van der Waals surface area (Å²) in [4.78, 5) is 34.3. The van der Waals surface area contributed by atoms with Gasteiger partial charge in [0.05, 0.1) is 16.7 Å². The summed E-state index contributed by atoms with van der Waals surface area (Å²) < 4.78 is 0. The number of carbonyl (C=O) groups is 3. The third-order valence-electron chi connectivity index (χ3n) is 2.78. The number of carboxylic acid groups (broad SMARTS) is 3. The van der Waals surface area contributed by atoms with Crippen LogP contribution in [0.4, 0.5) is 0 Å². The largest absolute Gasteiger partial charge is 0.478 e. The zero-order valence-electron chi connectivity index (χ0n) is 11.4. The maximum atomic E-state index is 11.3. The van der Waals surface area contributed by atoms with E-state index in [4.69, 9.17) is 10.2 Å². The SMILES string of the molecule is O=C(O)c1cccc(SSc2cccc(C(=O)O)c2C(=O)O)c1. The van der Waals surface area contributed by atoms with Gasteiger partial charge in [-0.2, -0.15) is 0 Å². The van der Waals surface area contributed by atoms with Crippen LogP contribution in [-0.4, -0.2) is 33.2 Å². The summed E-state index contributed by atoms with van der Waals surface area (Å²) in [5, 5.41) is 27.3. The molecule has 0 aliphatic rings. The second-order valence-corrected chi connectivity index (χ2v) is 6.53. The molecule has 2 rings (SSSR count). The van der Waals surface area contributed by atoms with Crippen LogP contribution < -0.4 is 0 Å². The molecule has 23 heavy (non-hydrogen) atoms. The van der Waals surface area contributed by atoms with E-state index in [-0.39, 0.29) is 21.6 Å². The van der Waals surface area contributed by atoms with Crippen molar-refractivity contribution in [2.24, 2.45) is 0 Å². The molecule has 0 fully saturated rings. The molecule has 0 aromatic heterocycles. The van der Waals surface area contributed by atoms with E-state index in [1.54, 1.807) is 12.1 Å². The number of hydrogen-bond acceptors (Lipinski definition) is 5. The minimum absolute atomic E-state index is 0.119. The van der Waals surface area contributed by atoms with Crippen molar-refractivity contribution in [1.29, 1.82) is 0 Å². The van der Waals surface area contributed by atoms with Crippen molar-refractivity contribution in [1.82, 2.24) is 0 Å². The lowest BCUT2D eigenvalue weighted by atomic mass is 10.1. The average molecular weight is 350 g/mol. The fourth-order valence-corrected chi connectivity index (χ4v) is 3.97. The van der Waals surface area contributed by atoms with Crippen LogP contribution in [-0.2, 0) is 0 Å². The minimum Gasteiger partial charge on any atom is -0.478 e. The second kappa shape index (κ2) is 7.21. The Morgan fingerprint density at radius 2 is 1.48 bits per heavy atom. The van der Waals surface area contributed by atoms with Gasteiger partial charge in [0, 0.05) is 9.79 Å². The van der Waals surface area contributed by atoms with Crippen LogP contribution in [0.25, 0.3) is 0 Å². The third-order valence-corrected chi connectivity index (χ3v) is 5.19. The molecular formula is C15H10O6S2.